The molecule has 1 saturated carbocycles. The Morgan fingerprint density at radius 3 is 2.13 bits per heavy atom. The largest absolute Gasteiger partial charge is 0.387 e. The van der Waals surface area contributed by atoms with Gasteiger partial charge in [-0.2, -0.15) is 0 Å². The molecule has 164 valence electrons. The number of ether oxygens (including phenoxy) is 1. The van der Waals surface area contributed by atoms with Crippen molar-refractivity contribution >= 4 is 19.2 Å². The minimum Gasteiger partial charge on any atom is -0.387 e. The number of amides is 1. The van der Waals surface area contributed by atoms with Gasteiger partial charge in [0, 0.05) is 19.7 Å². The summed E-state index contributed by atoms with van der Waals surface area (Å²) >= 11 is 0. The summed E-state index contributed by atoms with van der Waals surface area (Å²) in [6, 6.07) is 8.33. The highest BCUT2D eigenvalue weighted by Gasteiger charge is 2.55. The molecule has 5 nitrogen and oxygen atoms in total. The van der Waals surface area contributed by atoms with Gasteiger partial charge in [-0.1, -0.05) is 29.7 Å². The molecule has 2 N–H and O–H groups in total. The van der Waals surface area contributed by atoms with E-state index in [9.17, 15) is 4.79 Å². The van der Waals surface area contributed by atoms with Gasteiger partial charge in [0.2, 0.25) is 0 Å². The molecule has 2 saturated heterocycles. The molecule has 4 rings (SSSR count). The molecule has 6 heteroatoms. The van der Waals surface area contributed by atoms with Crippen LogP contribution in [0.2, 0.25) is 0 Å². The average molecular weight is 413 g/mol. The van der Waals surface area contributed by atoms with Crippen LogP contribution >= 0.6 is 0 Å². The highest BCUT2D eigenvalue weighted by Crippen LogP contribution is 2.64. The molecule has 2 unspecified atom stereocenters. The molecule has 0 bridgehead atoms. The maximum Gasteiger partial charge on any atom is 0.251 e. The predicted octanol–water partition coefficient (Wildman–Crippen LogP) is 2.28. The minimum absolute atomic E-state index is 0.166. The van der Waals surface area contributed by atoms with Gasteiger partial charge in [-0.15, -0.1) is 0 Å². The van der Waals surface area contributed by atoms with Gasteiger partial charge in [0.1, 0.15) is 14.0 Å². The molecule has 2 aliphatic heterocycles. The van der Waals surface area contributed by atoms with Crippen molar-refractivity contribution in [3.63, 3.8) is 0 Å². The fourth-order valence-corrected chi connectivity index (χ4v) is 4.25. The second-order valence-electron chi connectivity index (χ2n) is 10.2. The van der Waals surface area contributed by atoms with Gasteiger partial charge >= 0.3 is 0 Å². The van der Waals surface area contributed by atoms with Gasteiger partial charge in [-0.05, 0) is 76.7 Å². The number of rotatable bonds is 3. The van der Waals surface area contributed by atoms with Gasteiger partial charge in [0.15, 0.2) is 0 Å². The zero-order valence-corrected chi connectivity index (χ0v) is 18.9. The van der Waals surface area contributed by atoms with Gasteiger partial charge < -0.3 is 19.8 Å². The maximum atomic E-state index is 12.4. The first-order valence-electron chi connectivity index (χ1n) is 11.1. The molecule has 1 aromatic carbocycles. The van der Waals surface area contributed by atoms with Crippen LogP contribution in [-0.4, -0.2) is 65.9 Å². The molecule has 2 heterocycles. The number of hydrogen-bond donors (Lipinski definition) is 2. The first kappa shape index (κ1) is 23.3. The second kappa shape index (κ2) is 8.64. The Hall–Kier alpha value is -1.37. The second-order valence-corrected chi connectivity index (χ2v) is 10.2. The number of nitrogens with zero attached hydrogens (tertiary/aromatic N) is 1. The van der Waals surface area contributed by atoms with Crippen molar-refractivity contribution in [3.05, 3.63) is 29.8 Å². The van der Waals surface area contributed by atoms with Crippen LogP contribution in [0.4, 0.5) is 0 Å². The Morgan fingerprint density at radius 1 is 1.10 bits per heavy atom. The number of carbonyl (C=O) groups is 1. The molecule has 3 aliphatic rings. The first-order valence-corrected chi connectivity index (χ1v) is 11.1. The third-order valence-corrected chi connectivity index (χ3v) is 7.30. The van der Waals surface area contributed by atoms with E-state index < -0.39 is 11.2 Å². The average Bonchev–Trinajstić information content (AvgIpc) is 3.10. The van der Waals surface area contributed by atoms with E-state index in [1.807, 2.05) is 17.0 Å². The summed E-state index contributed by atoms with van der Waals surface area (Å²) in [5.74, 6) is 0.880. The standard InChI is InChI=1S/C18H22BNO2.C6H14O2/c19-14-5-3-13(4-6-14)15-12-18(15)7-9-20(10-8-18)17(21)16-2-1-11-22-16;1-5(2,7)6(3,4)8/h3-6,15-16H,1-2,7-12H2;7-8H,1-4H3. The third kappa shape index (κ3) is 5.27. The molecular weight excluding hydrogens is 377 g/mol. The zero-order chi connectivity index (χ0) is 22.2. The Labute approximate surface area is 182 Å². The Bertz CT molecular complexity index is 709. The van der Waals surface area contributed by atoms with Crippen LogP contribution in [0, 0.1) is 5.41 Å². The maximum absolute atomic E-state index is 12.4. The summed E-state index contributed by atoms with van der Waals surface area (Å²) in [5.41, 5.74) is 0.659. The van der Waals surface area contributed by atoms with Crippen molar-refractivity contribution in [3.8, 4) is 0 Å². The van der Waals surface area contributed by atoms with Crippen molar-refractivity contribution in [2.75, 3.05) is 19.7 Å². The van der Waals surface area contributed by atoms with Crippen molar-refractivity contribution in [1.82, 2.24) is 4.90 Å². The quantitative estimate of drug-likeness (QED) is 0.747. The fraction of sp³-hybridized carbons (Fsp3) is 0.708. The summed E-state index contributed by atoms with van der Waals surface area (Å²) in [7, 11) is 5.77. The van der Waals surface area contributed by atoms with E-state index in [0.717, 1.165) is 50.8 Å². The van der Waals surface area contributed by atoms with Crippen LogP contribution in [0.15, 0.2) is 24.3 Å². The van der Waals surface area contributed by atoms with Gasteiger partial charge in [-0.3, -0.25) is 4.79 Å². The smallest absolute Gasteiger partial charge is 0.251 e. The zero-order valence-electron chi connectivity index (χ0n) is 18.9. The molecule has 2 radical (unpaired) electrons. The number of carbonyl (C=O) groups excluding carboxylic acids is 1. The van der Waals surface area contributed by atoms with Gasteiger partial charge in [0.05, 0.1) is 11.2 Å². The van der Waals surface area contributed by atoms with Gasteiger partial charge in [-0.25, -0.2) is 0 Å². The van der Waals surface area contributed by atoms with E-state index in [-0.39, 0.29) is 12.0 Å². The summed E-state index contributed by atoms with van der Waals surface area (Å²) < 4.78 is 5.53. The molecule has 3 fully saturated rings. The molecule has 30 heavy (non-hydrogen) atoms. The lowest BCUT2D eigenvalue weighted by Gasteiger charge is -2.34. The number of piperidine rings is 1. The lowest BCUT2D eigenvalue weighted by molar-refractivity contribution is -0.142. The molecule has 1 aliphatic carbocycles. The third-order valence-electron chi connectivity index (χ3n) is 7.30. The van der Waals surface area contributed by atoms with E-state index >= 15 is 0 Å². The van der Waals surface area contributed by atoms with E-state index in [1.165, 1.54) is 12.0 Å². The van der Waals surface area contributed by atoms with Crippen LogP contribution in [0.1, 0.15) is 71.3 Å². The number of hydrogen-bond acceptors (Lipinski definition) is 4. The van der Waals surface area contributed by atoms with Crippen LogP contribution < -0.4 is 5.46 Å². The molecular formula is C24H36BNO4. The summed E-state index contributed by atoms with van der Waals surface area (Å²) in [6.07, 6.45) is 5.27. The molecule has 1 amide bonds. The summed E-state index contributed by atoms with van der Waals surface area (Å²) in [4.78, 5) is 14.4. The summed E-state index contributed by atoms with van der Waals surface area (Å²) in [5, 5.41) is 18.2. The van der Waals surface area contributed by atoms with E-state index in [4.69, 9.17) is 22.8 Å². The topological polar surface area (TPSA) is 70.0 Å². The number of benzene rings is 1. The molecule has 2 atom stereocenters. The predicted molar refractivity (Wildman–Crippen MR) is 119 cm³/mol. The molecule has 1 spiro atoms. The monoisotopic (exact) mass is 413 g/mol. The fourth-order valence-electron chi connectivity index (χ4n) is 4.25. The lowest BCUT2D eigenvalue weighted by Crippen LogP contribution is -2.44. The van der Waals surface area contributed by atoms with Crippen molar-refractivity contribution in [2.24, 2.45) is 5.41 Å². The van der Waals surface area contributed by atoms with Crippen molar-refractivity contribution in [1.29, 1.82) is 0 Å². The Morgan fingerprint density at radius 2 is 1.67 bits per heavy atom. The highest BCUT2D eigenvalue weighted by atomic mass is 16.5. The molecule has 0 aromatic heterocycles. The van der Waals surface area contributed by atoms with E-state index in [1.54, 1.807) is 27.7 Å². The van der Waals surface area contributed by atoms with Crippen LogP contribution in [0.3, 0.4) is 0 Å². The minimum atomic E-state index is -1.01. The first-order chi connectivity index (χ1) is 13.9. The van der Waals surface area contributed by atoms with Crippen LogP contribution in [-0.2, 0) is 9.53 Å². The van der Waals surface area contributed by atoms with Crippen molar-refractivity contribution < 1.29 is 19.7 Å². The highest BCUT2D eigenvalue weighted by molar-refractivity contribution is 6.32. The Balaban J connectivity index is 0.000000275. The lowest BCUT2D eigenvalue weighted by atomic mass is 9.87. The van der Waals surface area contributed by atoms with Crippen LogP contribution in [0.5, 0.6) is 0 Å². The Kier molecular flexibility index (Phi) is 6.71. The normalized spacial score (nSPS) is 25.6. The van der Waals surface area contributed by atoms with E-state index in [2.05, 4.69) is 12.1 Å². The number of likely N-dealkylation sites (tertiary alicyclic amines) is 1. The van der Waals surface area contributed by atoms with E-state index in [0.29, 0.717) is 11.3 Å². The van der Waals surface area contributed by atoms with Gasteiger partial charge in [0.25, 0.3) is 5.91 Å². The SMILES string of the molecule is CC(C)(O)C(C)(C)O.[B]c1ccc(C2CC23CCN(C(=O)C2CCCO2)CC3)cc1. The summed E-state index contributed by atoms with van der Waals surface area (Å²) in [6.45, 7) is 8.84. The number of aliphatic hydroxyl groups is 2. The molecule has 1 aromatic rings. The van der Waals surface area contributed by atoms with Crippen molar-refractivity contribution in [2.45, 2.75) is 83.0 Å². The van der Waals surface area contributed by atoms with Crippen LogP contribution in [0.25, 0.3) is 0 Å².